The molecule has 110 valence electrons. The van der Waals surface area contributed by atoms with E-state index in [1.807, 2.05) is 0 Å². The molecule has 2 heterocycles. The Kier molecular flexibility index (Phi) is 5.02. The van der Waals surface area contributed by atoms with Crippen molar-refractivity contribution in [2.75, 3.05) is 19.6 Å². The van der Waals surface area contributed by atoms with Crippen LogP contribution in [-0.2, 0) is 4.79 Å². The predicted molar refractivity (Wildman–Crippen MR) is 79.3 cm³/mol. The Morgan fingerprint density at radius 3 is 2.53 bits per heavy atom. The highest BCUT2D eigenvalue weighted by Gasteiger charge is 2.35. The molecular formula is C16H30N2O. The van der Waals surface area contributed by atoms with Crippen molar-refractivity contribution in [1.29, 1.82) is 0 Å². The highest BCUT2D eigenvalue weighted by molar-refractivity contribution is 5.84. The van der Waals surface area contributed by atoms with Crippen molar-refractivity contribution in [2.45, 2.75) is 71.4 Å². The van der Waals surface area contributed by atoms with E-state index >= 15 is 0 Å². The van der Waals surface area contributed by atoms with Crippen molar-refractivity contribution < 1.29 is 4.79 Å². The van der Waals surface area contributed by atoms with Gasteiger partial charge in [-0.3, -0.25) is 9.69 Å². The van der Waals surface area contributed by atoms with Crippen molar-refractivity contribution >= 4 is 5.78 Å². The van der Waals surface area contributed by atoms with E-state index in [1.165, 1.54) is 19.3 Å². The van der Waals surface area contributed by atoms with Crippen molar-refractivity contribution in [3.05, 3.63) is 0 Å². The topological polar surface area (TPSA) is 32.3 Å². The number of ketones is 1. The minimum Gasteiger partial charge on any atom is -0.317 e. The lowest BCUT2D eigenvalue weighted by molar-refractivity contribution is -0.124. The maximum Gasteiger partial charge on any atom is 0.149 e. The minimum absolute atomic E-state index is 0.227. The normalized spacial score (nSPS) is 26.8. The summed E-state index contributed by atoms with van der Waals surface area (Å²) in [6, 6.07) is 0.873. The molecule has 0 aromatic rings. The zero-order valence-corrected chi connectivity index (χ0v) is 12.9. The predicted octanol–water partition coefficient (Wildman–Crippen LogP) is 2.60. The lowest BCUT2D eigenvalue weighted by Crippen LogP contribution is -2.47. The number of nitrogens with zero attached hydrogens (tertiary/aromatic N) is 1. The first-order valence-corrected chi connectivity index (χ1v) is 7.96. The van der Waals surface area contributed by atoms with E-state index in [0.29, 0.717) is 11.8 Å². The summed E-state index contributed by atoms with van der Waals surface area (Å²) in [7, 11) is 0. The van der Waals surface area contributed by atoms with Gasteiger partial charge in [0.05, 0.1) is 6.04 Å². The Hall–Kier alpha value is -0.410. The number of hydrogen-bond acceptors (Lipinski definition) is 3. The molecule has 0 aromatic carbocycles. The smallest absolute Gasteiger partial charge is 0.149 e. The Morgan fingerprint density at radius 1 is 1.21 bits per heavy atom. The molecule has 0 aliphatic carbocycles. The van der Waals surface area contributed by atoms with Crippen LogP contribution < -0.4 is 5.32 Å². The fraction of sp³-hybridized carbons (Fsp3) is 0.938. The number of carbonyl (C=O) groups is 1. The molecule has 1 unspecified atom stereocenters. The number of carbonyl (C=O) groups excluding carboxylic acids is 1. The van der Waals surface area contributed by atoms with Gasteiger partial charge in [-0.25, -0.2) is 0 Å². The van der Waals surface area contributed by atoms with Crippen LogP contribution in [0.5, 0.6) is 0 Å². The molecule has 2 rings (SSSR count). The Morgan fingerprint density at radius 2 is 1.89 bits per heavy atom. The summed E-state index contributed by atoms with van der Waals surface area (Å²) in [5, 5.41) is 3.42. The largest absolute Gasteiger partial charge is 0.317 e. The summed E-state index contributed by atoms with van der Waals surface area (Å²) in [5.74, 6) is 0.492. The monoisotopic (exact) mass is 266 g/mol. The van der Waals surface area contributed by atoms with Gasteiger partial charge < -0.3 is 5.32 Å². The fourth-order valence-electron chi connectivity index (χ4n) is 3.38. The van der Waals surface area contributed by atoms with E-state index in [9.17, 15) is 4.79 Å². The number of rotatable bonds is 4. The van der Waals surface area contributed by atoms with Crippen LogP contribution in [0.25, 0.3) is 0 Å². The molecule has 2 fully saturated rings. The highest BCUT2D eigenvalue weighted by atomic mass is 16.1. The second-order valence-corrected chi connectivity index (χ2v) is 7.40. The number of piperidine rings is 1. The van der Waals surface area contributed by atoms with Crippen molar-refractivity contribution in [3.63, 3.8) is 0 Å². The Balaban J connectivity index is 1.88. The highest BCUT2D eigenvalue weighted by Crippen LogP contribution is 2.28. The molecular weight excluding hydrogens is 236 g/mol. The molecule has 3 nitrogen and oxygen atoms in total. The molecule has 2 saturated heterocycles. The van der Waals surface area contributed by atoms with E-state index in [2.05, 4.69) is 31.0 Å². The number of likely N-dealkylation sites (tertiary alicyclic amines) is 1. The van der Waals surface area contributed by atoms with E-state index < -0.39 is 0 Å². The Bertz CT molecular complexity index is 302. The van der Waals surface area contributed by atoms with Gasteiger partial charge >= 0.3 is 0 Å². The summed E-state index contributed by atoms with van der Waals surface area (Å²) in [4.78, 5) is 15.0. The molecule has 19 heavy (non-hydrogen) atoms. The summed E-state index contributed by atoms with van der Waals surface area (Å²) >= 11 is 0. The van der Waals surface area contributed by atoms with Gasteiger partial charge in [0.25, 0.3) is 0 Å². The standard InChI is InChI=1S/C16H30N2O/c1-16(2,3)9-6-15(19)14-5-4-12-18(14)13-7-10-17-11-8-13/h13-14,17H,4-12H2,1-3H3. The number of hydrogen-bond donors (Lipinski definition) is 1. The van der Waals surface area contributed by atoms with Gasteiger partial charge in [-0.05, 0) is 57.2 Å². The molecule has 2 aliphatic rings. The second-order valence-electron chi connectivity index (χ2n) is 7.40. The van der Waals surface area contributed by atoms with Crippen LogP contribution in [0, 0.1) is 5.41 Å². The van der Waals surface area contributed by atoms with Gasteiger partial charge in [0.1, 0.15) is 5.78 Å². The molecule has 3 heteroatoms. The quantitative estimate of drug-likeness (QED) is 0.849. The van der Waals surface area contributed by atoms with Crippen LogP contribution in [0.3, 0.4) is 0 Å². The zero-order valence-electron chi connectivity index (χ0n) is 12.9. The van der Waals surface area contributed by atoms with E-state index in [4.69, 9.17) is 0 Å². The first kappa shape index (κ1) is 15.0. The molecule has 1 N–H and O–H groups in total. The van der Waals surface area contributed by atoms with Crippen molar-refractivity contribution in [3.8, 4) is 0 Å². The average Bonchev–Trinajstić information content (AvgIpc) is 2.85. The molecule has 0 radical (unpaired) electrons. The van der Waals surface area contributed by atoms with Crippen LogP contribution in [0.4, 0.5) is 0 Å². The van der Waals surface area contributed by atoms with Gasteiger partial charge in [0.15, 0.2) is 0 Å². The van der Waals surface area contributed by atoms with Crippen LogP contribution in [-0.4, -0.2) is 42.4 Å². The van der Waals surface area contributed by atoms with Gasteiger partial charge in [0, 0.05) is 12.5 Å². The lowest BCUT2D eigenvalue weighted by Gasteiger charge is -2.35. The molecule has 0 amide bonds. The van der Waals surface area contributed by atoms with Crippen LogP contribution in [0.15, 0.2) is 0 Å². The molecule has 0 aromatic heterocycles. The van der Waals surface area contributed by atoms with E-state index in [1.54, 1.807) is 0 Å². The molecule has 0 bridgehead atoms. The summed E-state index contributed by atoms with van der Waals surface area (Å²) in [5.41, 5.74) is 0.272. The van der Waals surface area contributed by atoms with Gasteiger partial charge in [-0.2, -0.15) is 0 Å². The summed E-state index contributed by atoms with van der Waals surface area (Å²) in [6.45, 7) is 10.0. The number of Topliss-reactive ketones (excluding diaryl/α,β-unsaturated/α-hetero) is 1. The number of nitrogens with one attached hydrogen (secondary N) is 1. The lowest BCUT2D eigenvalue weighted by atomic mass is 9.88. The minimum atomic E-state index is 0.227. The van der Waals surface area contributed by atoms with Crippen LogP contribution >= 0.6 is 0 Å². The van der Waals surface area contributed by atoms with Gasteiger partial charge in [-0.1, -0.05) is 20.8 Å². The first-order valence-electron chi connectivity index (χ1n) is 7.96. The third-order valence-corrected chi connectivity index (χ3v) is 4.56. The fourth-order valence-corrected chi connectivity index (χ4v) is 3.38. The molecule has 0 spiro atoms. The average molecular weight is 266 g/mol. The van der Waals surface area contributed by atoms with Crippen molar-refractivity contribution in [1.82, 2.24) is 10.2 Å². The maximum atomic E-state index is 12.5. The molecule has 2 aliphatic heterocycles. The van der Waals surface area contributed by atoms with Crippen molar-refractivity contribution in [2.24, 2.45) is 5.41 Å². The zero-order chi connectivity index (χ0) is 13.9. The second kappa shape index (κ2) is 6.36. The summed E-state index contributed by atoms with van der Waals surface area (Å²) in [6.07, 6.45) is 6.49. The van der Waals surface area contributed by atoms with Crippen LogP contribution in [0.2, 0.25) is 0 Å². The third kappa shape index (κ3) is 4.28. The first-order chi connectivity index (χ1) is 8.97. The Labute approximate surface area is 118 Å². The van der Waals surface area contributed by atoms with Gasteiger partial charge in [0.2, 0.25) is 0 Å². The van der Waals surface area contributed by atoms with Gasteiger partial charge in [-0.15, -0.1) is 0 Å². The maximum absolute atomic E-state index is 12.5. The SMILES string of the molecule is CC(C)(C)CCC(=O)C1CCCN1C1CCNCC1. The molecule has 1 atom stereocenters. The van der Waals surface area contributed by atoms with E-state index in [-0.39, 0.29) is 11.5 Å². The third-order valence-electron chi connectivity index (χ3n) is 4.56. The van der Waals surface area contributed by atoms with E-state index in [0.717, 1.165) is 38.9 Å². The van der Waals surface area contributed by atoms with Crippen LogP contribution in [0.1, 0.15) is 59.3 Å². The molecule has 0 saturated carbocycles. The summed E-state index contributed by atoms with van der Waals surface area (Å²) < 4.78 is 0.